The van der Waals surface area contributed by atoms with Gasteiger partial charge in [-0.1, -0.05) is 49.6 Å². The first-order valence-corrected chi connectivity index (χ1v) is 10.7. The number of thiocarbonyl (C=S) groups is 1. The number of carbonyl (C=O) groups is 2. The van der Waals surface area contributed by atoms with Crippen LogP contribution in [0.4, 0.5) is 0 Å². The second-order valence-corrected chi connectivity index (χ2v) is 7.75. The van der Waals surface area contributed by atoms with E-state index >= 15 is 0 Å². The first kappa shape index (κ1) is 21.8. The number of rotatable bonds is 6. The van der Waals surface area contributed by atoms with Crippen molar-refractivity contribution in [2.24, 2.45) is 5.92 Å². The predicted octanol–water partition coefficient (Wildman–Crippen LogP) is 3.52. The number of benzene rings is 2. The molecule has 0 heterocycles. The predicted molar refractivity (Wildman–Crippen MR) is 120 cm³/mol. The zero-order valence-corrected chi connectivity index (χ0v) is 17.7. The summed E-state index contributed by atoms with van der Waals surface area (Å²) in [4.78, 5) is 24.4. The van der Waals surface area contributed by atoms with E-state index in [1.807, 2.05) is 18.2 Å². The van der Waals surface area contributed by atoms with Crippen molar-refractivity contribution in [2.75, 3.05) is 6.61 Å². The van der Waals surface area contributed by atoms with E-state index in [9.17, 15) is 9.59 Å². The van der Waals surface area contributed by atoms with Gasteiger partial charge >= 0.3 is 0 Å². The third kappa shape index (κ3) is 6.84. The summed E-state index contributed by atoms with van der Waals surface area (Å²) in [6.07, 6.45) is 5.94. The fraction of sp³-hybridized carbons (Fsp3) is 0.348. The van der Waals surface area contributed by atoms with Gasteiger partial charge in [-0.05, 0) is 54.9 Å². The van der Waals surface area contributed by atoms with Crippen LogP contribution in [0.25, 0.3) is 0 Å². The first-order valence-electron chi connectivity index (χ1n) is 10.3. The van der Waals surface area contributed by atoms with E-state index in [-0.39, 0.29) is 22.8 Å². The summed E-state index contributed by atoms with van der Waals surface area (Å²) < 4.78 is 5.73. The minimum absolute atomic E-state index is 0.0131. The molecule has 0 spiro atoms. The molecule has 2 amide bonds. The van der Waals surface area contributed by atoms with Crippen LogP contribution in [-0.4, -0.2) is 23.5 Å². The number of hydrogen-bond acceptors (Lipinski definition) is 4. The summed E-state index contributed by atoms with van der Waals surface area (Å²) in [6.45, 7) is 0.560. The molecule has 158 valence electrons. The Labute approximate surface area is 182 Å². The topological polar surface area (TPSA) is 79.5 Å². The summed E-state index contributed by atoms with van der Waals surface area (Å²) in [5.41, 5.74) is 6.87. The van der Waals surface area contributed by atoms with Crippen molar-refractivity contribution in [3.05, 3.63) is 65.7 Å². The molecule has 0 bridgehead atoms. The summed E-state index contributed by atoms with van der Waals surface area (Å²) in [5.74, 6) is 0.278. The summed E-state index contributed by atoms with van der Waals surface area (Å²) in [7, 11) is 0. The Bertz CT molecular complexity index is 850. The van der Waals surface area contributed by atoms with Gasteiger partial charge in [-0.2, -0.15) is 0 Å². The summed E-state index contributed by atoms with van der Waals surface area (Å²) in [5, 5.41) is 2.63. The zero-order chi connectivity index (χ0) is 21.2. The van der Waals surface area contributed by atoms with E-state index in [0.29, 0.717) is 17.9 Å². The second-order valence-electron chi connectivity index (χ2n) is 7.34. The summed E-state index contributed by atoms with van der Waals surface area (Å²) >= 11 is 5.10. The van der Waals surface area contributed by atoms with Crippen LogP contribution in [0.3, 0.4) is 0 Å². The monoisotopic (exact) mass is 425 g/mol. The molecule has 1 aliphatic carbocycles. The Morgan fingerprint density at radius 3 is 2.33 bits per heavy atom. The van der Waals surface area contributed by atoms with E-state index in [2.05, 4.69) is 28.3 Å². The lowest BCUT2D eigenvalue weighted by atomic mass is 9.89. The molecule has 1 saturated carbocycles. The van der Waals surface area contributed by atoms with Crippen LogP contribution in [0.1, 0.15) is 48.0 Å². The van der Waals surface area contributed by atoms with Crippen molar-refractivity contribution in [1.82, 2.24) is 16.2 Å². The molecule has 0 unspecified atom stereocenters. The largest absolute Gasteiger partial charge is 0.493 e. The Kier molecular flexibility index (Phi) is 8.20. The number of ether oxygens (including phenoxy) is 1. The van der Waals surface area contributed by atoms with Crippen LogP contribution in [0, 0.1) is 5.92 Å². The van der Waals surface area contributed by atoms with Crippen LogP contribution in [0.15, 0.2) is 54.6 Å². The van der Waals surface area contributed by atoms with Gasteiger partial charge in [0.25, 0.3) is 5.91 Å². The van der Waals surface area contributed by atoms with E-state index in [1.54, 1.807) is 24.3 Å². The van der Waals surface area contributed by atoms with Crippen LogP contribution in [-0.2, 0) is 11.2 Å². The van der Waals surface area contributed by atoms with Gasteiger partial charge < -0.3 is 4.74 Å². The SMILES string of the molecule is O=C(NC(=S)NNC(=O)C1CCCCC1)c1ccc(OCCc2ccccc2)cc1. The molecular formula is C23H27N3O3S. The maximum atomic E-state index is 12.3. The maximum absolute atomic E-state index is 12.3. The lowest BCUT2D eigenvalue weighted by molar-refractivity contribution is -0.126. The number of amides is 2. The highest BCUT2D eigenvalue weighted by Crippen LogP contribution is 2.23. The van der Waals surface area contributed by atoms with Crippen molar-refractivity contribution in [3.8, 4) is 5.75 Å². The number of carbonyl (C=O) groups excluding carboxylic acids is 2. The molecule has 1 fully saturated rings. The first-order chi connectivity index (χ1) is 14.6. The minimum Gasteiger partial charge on any atom is -0.493 e. The molecule has 7 heteroatoms. The van der Waals surface area contributed by atoms with Gasteiger partial charge in [0.05, 0.1) is 6.61 Å². The fourth-order valence-electron chi connectivity index (χ4n) is 3.43. The molecule has 3 rings (SSSR count). The molecule has 3 N–H and O–H groups in total. The van der Waals surface area contributed by atoms with Gasteiger partial charge in [0.1, 0.15) is 5.75 Å². The third-order valence-corrected chi connectivity index (χ3v) is 5.33. The molecule has 0 radical (unpaired) electrons. The van der Waals surface area contributed by atoms with Crippen molar-refractivity contribution < 1.29 is 14.3 Å². The number of hydrazine groups is 1. The standard InChI is InChI=1S/C23H27N3O3S/c27-21(24-23(30)26-25-22(28)18-9-5-2-6-10-18)19-11-13-20(14-12-19)29-16-15-17-7-3-1-4-8-17/h1,3-4,7-8,11-14,18H,2,5-6,9-10,15-16H2,(H,25,28)(H2,24,26,27,30). The van der Waals surface area contributed by atoms with Gasteiger partial charge in [-0.15, -0.1) is 0 Å². The third-order valence-electron chi connectivity index (χ3n) is 5.12. The van der Waals surface area contributed by atoms with Crippen LogP contribution < -0.4 is 20.9 Å². The number of hydrogen-bond donors (Lipinski definition) is 3. The highest BCUT2D eigenvalue weighted by Gasteiger charge is 2.21. The molecule has 1 aliphatic rings. The lowest BCUT2D eigenvalue weighted by Crippen LogP contribution is -2.50. The zero-order valence-electron chi connectivity index (χ0n) is 16.9. The highest BCUT2D eigenvalue weighted by atomic mass is 32.1. The molecule has 6 nitrogen and oxygen atoms in total. The van der Waals surface area contributed by atoms with Crippen molar-refractivity contribution in [3.63, 3.8) is 0 Å². The quantitative estimate of drug-likeness (QED) is 0.487. The fourth-order valence-corrected chi connectivity index (χ4v) is 3.57. The Balaban J connectivity index is 1.39. The smallest absolute Gasteiger partial charge is 0.257 e. The average molecular weight is 426 g/mol. The summed E-state index contributed by atoms with van der Waals surface area (Å²) in [6, 6.07) is 17.0. The normalized spacial score (nSPS) is 13.9. The Hall–Kier alpha value is -2.93. The van der Waals surface area contributed by atoms with Gasteiger partial charge in [-0.3, -0.25) is 25.8 Å². The van der Waals surface area contributed by atoms with E-state index in [4.69, 9.17) is 17.0 Å². The minimum atomic E-state index is -0.352. The molecule has 0 aliphatic heterocycles. The molecule has 30 heavy (non-hydrogen) atoms. The van der Waals surface area contributed by atoms with Crippen LogP contribution in [0.2, 0.25) is 0 Å². The Morgan fingerprint density at radius 1 is 0.933 bits per heavy atom. The molecular weight excluding hydrogens is 398 g/mol. The molecule has 0 atom stereocenters. The molecule has 0 aromatic heterocycles. The van der Waals surface area contributed by atoms with Crippen molar-refractivity contribution in [1.29, 1.82) is 0 Å². The van der Waals surface area contributed by atoms with Gasteiger partial charge in [0, 0.05) is 17.9 Å². The molecule has 2 aromatic carbocycles. The van der Waals surface area contributed by atoms with E-state index in [1.165, 1.54) is 12.0 Å². The lowest BCUT2D eigenvalue weighted by Gasteiger charge is -2.21. The van der Waals surface area contributed by atoms with E-state index < -0.39 is 0 Å². The van der Waals surface area contributed by atoms with Gasteiger partial charge in [-0.25, -0.2) is 0 Å². The van der Waals surface area contributed by atoms with Gasteiger partial charge in [0.2, 0.25) is 5.91 Å². The van der Waals surface area contributed by atoms with Crippen molar-refractivity contribution >= 4 is 29.1 Å². The van der Waals surface area contributed by atoms with Crippen LogP contribution >= 0.6 is 12.2 Å². The Morgan fingerprint density at radius 2 is 1.63 bits per heavy atom. The van der Waals surface area contributed by atoms with Crippen molar-refractivity contribution in [2.45, 2.75) is 38.5 Å². The molecule has 2 aromatic rings. The molecule has 0 saturated heterocycles. The van der Waals surface area contributed by atoms with Gasteiger partial charge in [0.15, 0.2) is 5.11 Å². The average Bonchev–Trinajstić information content (AvgIpc) is 2.79. The van der Waals surface area contributed by atoms with E-state index in [0.717, 1.165) is 32.1 Å². The number of nitrogens with one attached hydrogen (secondary N) is 3. The second kappa shape index (κ2) is 11.3. The van der Waals surface area contributed by atoms with Crippen LogP contribution in [0.5, 0.6) is 5.75 Å². The maximum Gasteiger partial charge on any atom is 0.257 e. The highest BCUT2D eigenvalue weighted by molar-refractivity contribution is 7.80.